The highest BCUT2D eigenvalue weighted by molar-refractivity contribution is 5.63. The second-order valence-corrected chi connectivity index (χ2v) is 4.97. The van der Waals surface area contributed by atoms with Crippen LogP contribution in [-0.2, 0) is 0 Å². The maximum Gasteiger partial charge on any atom is -0.0162 e. The molecular weight excluding hydrogens is 223 g/mol. The van der Waals surface area contributed by atoms with E-state index in [0.717, 1.165) is 5.92 Å². The minimum absolute atomic E-state index is 0. The molecule has 3 rings (SSSR count). The van der Waals surface area contributed by atoms with Crippen LogP contribution in [-0.4, -0.2) is 0 Å². The van der Waals surface area contributed by atoms with Gasteiger partial charge in [-0.15, -0.1) is 0 Å². The van der Waals surface area contributed by atoms with Gasteiger partial charge in [0.1, 0.15) is 0 Å². The van der Waals surface area contributed by atoms with Crippen LogP contribution in [0.25, 0.3) is 11.1 Å². The van der Waals surface area contributed by atoms with Crippen LogP contribution in [0.1, 0.15) is 37.2 Å². The van der Waals surface area contributed by atoms with Gasteiger partial charge < -0.3 is 0 Å². The van der Waals surface area contributed by atoms with Gasteiger partial charge >= 0.3 is 0 Å². The molecule has 0 N–H and O–H groups in total. The fraction of sp³-hybridized carbons (Fsp3) is 0.294. The molecule has 0 bridgehead atoms. The Morgan fingerprint density at radius 1 is 0.667 bits per heavy atom. The van der Waals surface area contributed by atoms with E-state index in [1.165, 1.54) is 42.4 Å². The van der Waals surface area contributed by atoms with Gasteiger partial charge in [0.25, 0.3) is 0 Å². The van der Waals surface area contributed by atoms with Gasteiger partial charge in [-0.3, -0.25) is 4.70 Å². The van der Waals surface area contributed by atoms with Gasteiger partial charge in [0.15, 0.2) is 0 Å². The lowest BCUT2D eigenvalue weighted by atomic mass is 9.95. The molecule has 1 aliphatic carbocycles. The summed E-state index contributed by atoms with van der Waals surface area (Å²) in [6.07, 6.45) is 5.57. The average molecular weight is 242 g/mol. The van der Waals surface area contributed by atoms with Crippen molar-refractivity contribution in [2.45, 2.75) is 31.6 Å². The van der Waals surface area contributed by atoms with E-state index in [1.54, 1.807) is 0 Å². The molecule has 94 valence electrons. The molecular formula is C17H19F. The van der Waals surface area contributed by atoms with Gasteiger partial charge in [-0.25, -0.2) is 0 Å². The molecule has 0 saturated heterocycles. The number of hydrogen-bond acceptors (Lipinski definition) is 0. The van der Waals surface area contributed by atoms with Gasteiger partial charge in [-0.2, -0.15) is 0 Å². The highest BCUT2D eigenvalue weighted by atomic mass is 19.0. The van der Waals surface area contributed by atoms with Gasteiger partial charge in [-0.1, -0.05) is 67.4 Å². The smallest absolute Gasteiger partial charge is 0.0162 e. The number of hydrogen-bond donors (Lipinski definition) is 0. The minimum atomic E-state index is 0. The fourth-order valence-corrected chi connectivity index (χ4v) is 2.84. The first-order chi connectivity index (χ1) is 8.43. The first-order valence-electron chi connectivity index (χ1n) is 6.59. The first-order valence-corrected chi connectivity index (χ1v) is 6.59. The van der Waals surface area contributed by atoms with Gasteiger partial charge in [0, 0.05) is 0 Å². The maximum atomic E-state index is 2.32. The van der Waals surface area contributed by atoms with Crippen molar-refractivity contribution in [2.75, 3.05) is 0 Å². The molecule has 2 aromatic carbocycles. The Kier molecular flexibility index (Phi) is 4.14. The molecule has 0 unspecified atom stereocenters. The van der Waals surface area contributed by atoms with Gasteiger partial charge in [-0.05, 0) is 35.4 Å². The van der Waals surface area contributed by atoms with E-state index >= 15 is 0 Å². The summed E-state index contributed by atoms with van der Waals surface area (Å²) >= 11 is 0. The summed E-state index contributed by atoms with van der Waals surface area (Å²) in [5.41, 5.74) is 4.17. The molecule has 0 atom stereocenters. The van der Waals surface area contributed by atoms with Crippen LogP contribution >= 0.6 is 0 Å². The van der Waals surface area contributed by atoms with Crippen LogP contribution in [0.15, 0.2) is 54.6 Å². The van der Waals surface area contributed by atoms with E-state index in [0.29, 0.717) is 0 Å². The summed E-state index contributed by atoms with van der Waals surface area (Å²) in [4.78, 5) is 0. The lowest BCUT2D eigenvalue weighted by molar-refractivity contribution is 0.723. The highest BCUT2D eigenvalue weighted by Gasteiger charge is 2.16. The van der Waals surface area contributed by atoms with Crippen LogP contribution in [0.4, 0.5) is 4.70 Å². The second kappa shape index (κ2) is 5.81. The lowest BCUT2D eigenvalue weighted by Crippen LogP contribution is -1.91. The van der Waals surface area contributed by atoms with Crippen molar-refractivity contribution in [3.63, 3.8) is 0 Å². The largest absolute Gasteiger partial charge is 0.269 e. The molecule has 0 nitrogen and oxygen atoms in total. The normalized spacial score (nSPS) is 15.3. The van der Waals surface area contributed by atoms with Crippen molar-refractivity contribution >= 4 is 0 Å². The van der Waals surface area contributed by atoms with Crippen LogP contribution in [0, 0.1) is 0 Å². The third-order valence-corrected chi connectivity index (χ3v) is 3.84. The van der Waals surface area contributed by atoms with Crippen LogP contribution in [0.5, 0.6) is 0 Å². The zero-order valence-corrected chi connectivity index (χ0v) is 10.5. The summed E-state index contributed by atoms with van der Waals surface area (Å²) in [6.45, 7) is 0. The number of benzene rings is 2. The van der Waals surface area contributed by atoms with E-state index in [-0.39, 0.29) is 4.70 Å². The molecule has 0 aliphatic heterocycles. The summed E-state index contributed by atoms with van der Waals surface area (Å²) in [6, 6.07) is 19.8. The van der Waals surface area contributed by atoms with E-state index in [4.69, 9.17) is 0 Å². The van der Waals surface area contributed by atoms with Crippen molar-refractivity contribution in [3.05, 3.63) is 60.2 Å². The molecule has 1 aliphatic rings. The van der Waals surface area contributed by atoms with Gasteiger partial charge in [0.2, 0.25) is 0 Å². The molecule has 0 spiro atoms. The molecule has 0 amide bonds. The Bertz CT molecular complexity index is 467. The average Bonchev–Trinajstić information content (AvgIpc) is 2.94. The van der Waals surface area contributed by atoms with Crippen molar-refractivity contribution in [3.8, 4) is 11.1 Å². The fourth-order valence-electron chi connectivity index (χ4n) is 2.84. The third-order valence-electron chi connectivity index (χ3n) is 3.84. The predicted molar refractivity (Wildman–Crippen MR) is 75.6 cm³/mol. The molecule has 1 fully saturated rings. The first kappa shape index (κ1) is 12.8. The van der Waals surface area contributed by atoms with E-state index in [9.17, 15) is 0 Å². The minimum Gasteiger partial charge on any atom is -0.269 e. The van der Waals surface area contributed by atoms with Crippen LogP contribution in [0.3, 0.4) is 0 Å². The quantitative estimate of drug-likeness (QED) is 0.682. The summed E-state index contributed by atoms with van der Waals surface area (Å²) < 4.78 is 0. The highest BCUT2D eigenvalue weighted by Crippen LogP contribution is 2.34. The predicted octanol–water partition coefficient (Wildman–Crippen LogP) is 5.16. The molecule has 0 aromatic heterocycles. The van der Waals surface area contributed by atoms with Crippen molar-refractivity contribution in [1.82, 2.24) is 0 Å². The molecule has 2 aromatic rings. The lowest BCUT2D eigenvalue weighted by Gasteiger charge is -2.10. The monoisotopic (exact) mass is 242 g/mol. The SMILES string of the molecule is F.c1ccc(-c2ccc(C3CCCC3)cc2)cc1. The van der Waals surface area contributed by atoms with Crippen molar-refractivity contribution in [2.24, 2.45) is 0 Å². The van der Waals surface area contributed by atoms with E-state index < -0.39 is 0 Å². The van der Waals surface area contributed by atoms with E-state index in [2.05, 4.69) is 54.6 Å². The third kappa shape index (κ3) is 2.61. The van der Waals surface area contributed by atoms with Crippen LogP contribution < -0.4 is 0 Å². The molecule has 18 heavy (non-hydrogen) atoms. The summed E-state index contributed by atoms with van der Waals surface area (Å²) in [5.74, 6) is 0.819. The van der Waals surface area contributed by atoms with E-state index in [1.807, 2.05) is 0 Å². The summed E-state index contributed by atoms with van der Waals surface area (Å²) in [7, 11) is 0. The van der Waals surface area contributed by atoms with Crippen molar-refractivity contribution < 1.29 is 4.70 Å². The maximum absolute atomic E-state index is 2.32. The molecule has 1 saturated carbocycles. The zero-order valence-electron chi connectivity index (χ0n) is 10.5. The Hall–Kier alpha value is -1.63. The standard InChI is InChI=1S/C17H18.FH/c1-2-6-14(7-3-1)16-10-12-17(13-11-16)15-8-4-5-9-15;/h1-3,6-7,10-13,15H,4-5,8-9H2;1H. The topological polar surface area (TPSA) is 0 Å². The van der Waals surface area contributed by atoms with Crippen LogP contribution in [0.2, 0.25) is 0 Å². The Morgan fingerprint density at radius 3 is 1.83 bits per heavy atom. The Balaban J connectivity index is 0.00000120. The molecule has 1 heteroatoms. The van der Waals surface area contributed by atoms with Crippen molar-refractivity contribution in [1.29, 1.82) is 0 Å². The molecule has 0 heterocycles. The second-order valence-electron chi connectivity index (χ2n) is 4.97. The Morgan fingerprint density at radius 2 is 1.22 bits per heavy atom. The number of halogens is 1. The zero-order chi connectivity index (χ0) is 11.5. The summed E-state index contributed by atoms with van der Waals surface area (Å²) in [5, 5.41) is 0. The Labute approximate surface area is 108 Å². The molecule has 0 radical (unpaired) electrons. The van der Waals surface area contributed by atoms with Gasteiger partial charge in [0.05, 0.1) is 0 Å². The number of rotatable bonds is 2.